The number of hydrogen-bond donors (Lipinski definition) is 2. The lowest BCUT2D eigenvalue weighted by Gasteiger charge is -2.56. The van der Waals surface area contributed by atoms with Crippen LogP contribution >= 0.6 is 0 Å². The van der Waals surface area contributed by atoms with Crippen LogP contribution in [0.2, 0.25) is 0 Å². The molecule has 8 heteroatoms. The summed E-state index contributed by atoms with van der Waals surface area (Å²) in [7, 11) is 0. The number of amides is 2. The molecule has 4 aliphatic carbocycles. The van der Waals surface area contributed by atoms with Gasteiger partial charge in [0.2, 0.25) is 5.91 Å². The largest absolute Gasteiger partial charge is 0.440 e. The molecule has 0 heterocycles. The van der Waals surface area contributed by atoms with Crippen molar-refractivity contribution >= 4 is 12.0 Å². The van der Waals surface area contributed by atoms with Crippen LogP contribution in [0.25, 0.3) is 0 Å². The van der Waals surface area contributed by atoms with Crippen LogP contribution in [0, 0.1) is 23.2 Å². The minimum Gasteiger partial charge on any atom is -0.440 e. The minimum atomic E-state index is -4.57. The van der Waals surface area contributed by atoms with Gasteiger partial charge in [-0.15, -0.1) is 0 Å². The molecule has 4 rings (SSSR count). The maximum atomic E-state index is 11.9. The molecule has 0 atom stereocenters. The predicted octanol–water partition coefficient (Wildman–Crippen LogP) is 2.61. The van der Waals surface area contributed by atoms with Gasteiger partial charge in [-0.05, 0) is 61.7 Å². The monoisotopic (exact) mass is 348 g/mol. The van der Waals surface area contributed by atoms with Crippen LogP contribution in [0.5, 0.6) is 0 Å². The summed E-state index contributed by atoms with van der Waals surface area (Å²) in [5, 5.41) is 4.88. The molecule has 0 unspecified atom stereocenters. The Morgan fingerprint density at radius 3 is 2.04 bits per heavy atom. The van der Waals surface area contributed by atoms with Gasteiger partial charge in [-0.3, -0.25) is 4.79 Å². The van der Waals surface area contributed by atoms with E-state index in [0.29, 0.717) is 6.54 Å². The first-order valence-electron chi connectivity index (χ1n) is 8.47. The van der Waals surface area contributed by atoms with E-state index < -0.39 is 24.8 Å². The molecule has 0 aromatic heterocycles. The molecule has 4 bridgehead atoms. The summed E-state index contributed by atoms with van der Waals surface area (Å²) in [6, 6.07) is 0. The van der Waals surface area contributed by atoms with Crippen molar-refractivity contribution in [2.75, 3.05) is 19.7 Å². The normalized spacial score (nSPS) is 34.0. The van der Waals surface area contributed by atoms with Gasteiger partial charge >= 0.3 is 12.3 Å². The molecule has 0 aromatic carbocycles. The Morgan fingerprint density at radius 2 is 1.54 bits per heavy atom. The molecule has 0 radical (unpaired) electrons. The Morgan fingerprint density at radius 1 is 1.00 bits per heavy atom. The Kier molecular flexibility index (Phi) is 4.66. The van der Waals surface area contributed by atoms with Gasteiger partial charge in [0.1, 0.15) is 0 Å². The van der Waals surface area contributed by atoms with E-state index in [1.54, 1.807) is 0 Å². The van der Waals surface area contributed by atoms with E-state index >= 15 is 0 Å². The van der Waals surface area contributed by atoms with Crippen molar-refractivity contribution < 1.29 is 27.5 Å². The van der Waals surface area contributed by atoms with E-state index in [-0.39, 0.29) is 12.0 Å². The molecule has 2 N–H and O–H groups in total. The molecular formula is C16H23F3N2O3. The average molecular weight is 348 g/mol. The fourth-order valence-electron chi connectivity index (χ4n) is 5.21. The summed E-state index contributed by atoms with van der Waals surface area (Å²) in [6.07, 6.45) is 1.61. The summed E-state index contributed by atoms with van der Waals surface area (Å²) in [6.45, 7) is -1.44. The highest BCUT2D eigenvalue weighted by Gasteiger charge is 2.50. The van der Waals surface area contributed by atoms with Gasteiger partial charge in [-0.2, -0.15) is 13.2 Å². The number of nitrogens with one attached hydrogen (secondary N) is 2. The highest BCUT2D eigenvalue weighted by Crippen LogP contribution is 2.59. The summed E-state index contributed by atoms with van der Waals surface area (Å²) >= 11 is 0. The Balaban J connectivity index is 1.38. The van der Waals surface area contributed by atoms with Crippen molar-refractivity contribution in [2.24, 2.45) is 23.2 Å². The van der Waals surface area contributed by atoms with Gasteiger partial charge in [0.05, 0.1) is 6.54 Å². The lowest BCUT2D eigenvalue weighted by Crippen LogP contribution is -2.52. The van der Waals surface area contributed by atoms with E-state index in [2.05, 4.69) is 10.1 Å². The lowest BCUT2D eigenvalue weighted by atomic mass is 9.49. The van der Waals surface area contributed by atoms with Crippen molar-refractivity contribution in [3.8, 4) is 0 Å². The van der Waals surface area contributed by atoms with Crippen molar-refractivity contribution in [3.63, 3.8) is 0 Å². The number of carbonyl (C=O) groups excluding carboxylic acids is 2. The summed E-state index contributed by atoms with van der Waals surface area (Å²) in [4.78, 5) is 22.9. The van der Waals surface area contributed by atoms with E-state index in [4.69, 9.17) is 0 Å². The molecular weight excluding hydrogens is 325 g/mol. The fraction of sp³-hybridized carbons (Fsp3) is 0.875. The standard InChI is InChI=1S/C16H23F3N2O3/c17-16(18,19)9-24-14(23)20-7-13(22)21-8-15-4-10-1-11(5-15)3-12(2-10)6-15/h10-12H,1-9H2,(H,20,23)(H,21,22). The molecule has 2 amide bonds. The highest BCUT2D eigenvalue weighted by atomic mass is 19.4. The van der Waals surface area contributed by atoms with Crippen molar-refractivity contribution in [1.82, 2.24) is 10.6 Å². The van der Waals surface area contributed by atoms with Gasteiger partial charge in [-0.1, -0.05) is 0 Å². The quantitative estimate of drug-likeness (QED) is 0.803. The maximum absolute atomic E-state index is 11.9. The predicted molar refractivity (Wildman–Crippen MR) is 79.0 cm³/mol. The third kappa shape index (κ3) is 4.33. The van der Waals surface area contributed by atoms with Crippen molar-refractivity contribution in [3.05, 3.63) is 0 Å². The number of ether oxygens (including phenoxy) is 1. The van der Waals surface area contributed by atoms with Crippen LogP contribution in [-0.4, -0.2) is 37.9 Å². The summed E-state index contributed by atoms with van der Waals surface area (Å²) in [5.41, 5.74) is 0.182. The van der Waals surface area contributed by atoms with Crippen LogP contribution < -0.4 is 10.6 Å². The molecule has 4 saturated carbocycles. The molecule has 0 aliphatic heterocycles. The zero-order chi connectivity index (χ0) is 17.4. The number of halogens is 3. The number of alkyl carbamates (subject to hydrolysis) is 1. The molecule has 4 aliphatic rings. The molecule has 5 nitrogen and oxygen atoms in total. The first-order valence-corrected chi connectivity index (χ1v) is 8.47. The molecule has 4 fully saturated rings. The van der Waals surface area contributed by atoms with Gasteiger partial charge in [0.25, 0.3) is 0 Å². The number of rotatable bonds is 5. The van der Waals surface area contributed by atoms with Gasteiger partial charge in [0.15, 0.2) is 6.61 Å². The fourth-order valence-corrected chi connectivity index (χ4v) is 5.21. The van der Waals surface area contributed by atoms with Crippen molar-refractivity contribution in [1.29, 1.82) is 0 Å². The first kappa shape index (κ1) is 17.4. The second-order valence-corrected chi connectivity index (χ2v) is 7.74. The second kappa shape index (κ2) is 6.44. The molecule has 24 heavy (non-hydrogen) atoms. The van der Waals surface area contributed by atoms with E-state index in [1.165, 1.54) is 19.3 Å². The number of carbonyl (C=O) groups is 2. The number of alkyl halides is 3. The topological polar surface area (TPSA) is 67.4 Å². The second-order valence-electron chi connectivity index (χ2n) is 7.74. The summed E-state index contributed by atoms with van der Waals surface area (Å²) < 4.78 is 39.7. The van der Waals surface area contributed by atoms with Crippen LogP contribution in [-0.2, 0) is 9.53 Å². The van der Waals surface area contributed by atoms with E-state index in [9.17, 15) is 22.8 Å². The SMILES string of the molecule is O=C(CNC(=O)OCC(F)(F)F)NCC12CC3CC(CC(C3)C1)C2. The first-order chi connectivity index (χ1) is 11.2. The van der Waals surface area contributed by atoms with Gasteiger partial charge in [-0.25, -0.2) is 4.79 Å². The van der Waals surface area contributed by atoms with Crippen LogP contribution in [0.4, 0.5) is 18.0 Å². The number of hydrogen-bond acceptors (Lipinski definition) is 3. The average Bonchev–Trinajstić information content (AvgIpc) is 2.47. The van der Waals surface area contributed by atoms with Gasteiger partial charge < -0.3 is 15.4 Å². The smallest absolute Gasteiger partial charge is 0.422 e. The van der Waals surface area contributed by atoms with Crippen molar-refractivity contribution in [2.45, 2.75) is 44.7 Å². The maximum Gasteiger partial charge on any atom is 0.422 e. The summed E-state index contributed by atoms with van der Waals surface area (Å²) in [5.74, 6) is 1.95. The van der Waals surface area contributed by atoms with Crippen LogP contribution in [0.15, 0.2) is 0 Å². The molecule has 0 saturated heterocycles. The van der Waals surface area contributed by atoms with E-state index in [1.807, 2.05) is 5.32 Å². The highest BCUT2D eigenvalue weighted by molar-refractivity contribution is 5.82. The third-order valence-corrected chi connectivity index (χ3v) is 5.59. The zero-order valence-corrected chi connectivity index (χ0v) is 13.5. The van der Waals surface area contributed by atoms with Crippen LogP contribution in [0.1, 0.15) is 38.5 Å². The zero-order valence-electron chi connectivity index (χ0n) is 13.5. The lowest BCUT2D eigenvalue weighted by molar-refractivity contribution is -0.160. The minimum absolute atomic E-state index is 0.182. The Hall–Kier alpha value is -1.47. The molecule has 0 aromatic rings. The van der Waals surface area contributed by atoms with Crippen LogP contribution in [0.3, 0.4) is 0 Å². The Labute approximate surface area is 138 Å². The Bertz CT molecular complexity index is 472. The molecule has 0 spiro atoms. The third-order valence-electron chi connectivity index (χ3n) is 5.59. The van der Waals surface area contributed by atoms with Gasteiger partial charge in [0, 0.05) is 6.54 Å². The molecule has 136 valence electrons. The van der Waals surface area contributed by atoms with E-state index in [0.717, 1.165) is 37.0 Å².